The summed E-state index contributed by atoms with van der Waals surface area (Å²) in [5.74, 6) is 1.06. The maximum Gasteiger partial charge on any atom is 0.416 e. The number of aromatic nitrogens is 3. The van der Waals surface area contributed by atoms with Crippen molar-refractivity contribution in [1.82, 2.24) is 19.9 Å². The highest BCUT2D eigenvalue weighted by Gasteiger charge is 2.32. The first-order valence-corrected chi connectivity index (χ1v) is 10.2. The number of nitrogens with zero attached hydrogens (tertiary/aromatic N) is 4. The molecule has 3 aromatic rings. The van der Waals surface area contributed by atoms with Gasteiger partial charge in [0.25, 0.3) is 0 Å². The van der Waals surface area contributed by atoms with Crippen LogP contribution >= 0.6 is 11.6 Å². The Hall–Kier alpha value is -2.45. The van der Waals surface area contributed by atoms with Crippen molar-refractivity contribution in [3.8, 4) is 0 Å². The van der Waals surface area contributed by atoms with Gasteiger partial charge in [-0.2, -0.15) is 13.2 Å². The van der Waals surface area contributed by atoms with Gasteiger partial charge in [0, 0.05) is 31.2 Å². The number of halogens is 4. The minimum absolute atomic E-state index is 0.00618. The van der Waals surface area contributed by atoms with E-state index in [-0.39, 0.29) is 17.5 Å². The molecule has 0 spiro atoms. The van der Waals surface area contributed by atoms with Crippen LogP contribution in [0, 0.1) is 0 Å². The van der Waals surface area contributed by atoms with Crippen LogP contribution in [0.15, 0.2) is 42.6 Å². The SMILES string of the molecule is FC(F)(F)c1ccccc1CNc1nc(CN2CCC(Cl)CC2)nc2ncccc12. The summed E-state index contributed by atoms with van der Waals surface area (Å²) < 4.78 is 39.9. The Morgan fingerprint density at radius 1 is 1.07 bits per heavy atom. The Kier molecular flexibility index (Phi) is 6.06. The molecule has 158 valence electrons. The van der Waals surface area contributed by atoms with Gasteiger partial charge in [0.2, 0.25) is 0 Å². The smallest absolute Gasteiger partial charge is 0.365 e. The highest BCUT2D eigenvalue weighted by Crippen LogP contribution is 2.32. The summed E-state index contributed by atoms with van der Waals surface area (Å²) in [6.07, 6.45) is -0.951. The fraction of sp³-hybridized carbons (Fsp3) is 0.381. The van der Waals surface area contributed by atoms with E-state index >= 15 is 0 Å². The molecular formula is C21H21ClF3N5. The van der Waals surface area contributed by atoms with E-state index in [9.17, 15) is 13.2 Å². The number of nitrogens with one attached hydrogen (secondary N) is 1. The molecule has 1 saturated heterocycles. The van der Waals surface area contributed by atoms with E-state index in [1.807, 2.05) is 6.07 Å². The summed E-state index contributed by atoms with van der Waals surface area (Å²) >= 11 is 6.17. The molecule has 2 aromatic heterocycles. The zero-order chi connectivity index (χ0) is 21.1. The number of likely N-dealkylation sites (tertiary alicyclic amines) is 1. The fourth-order valence-electron chi connectivity index (χ4n) is 3.60. The molecule has 0 atom stereocenters. The molecule has 1 aliphatic rings. The number of benzene rings is 1. The summed E-state index contributed by atoms with van der Waals surface area (Å²) in [7, 11) is 0. The lowest BCUT2D eigenvalue weighted by atomic mass is 10.1. The van der Waals surface area contributed by atoms with Crippen LogP contribution in [0.4, 0.5) is 19.0 Å². The summed E-state index contributed by atoms with van der Waals surface area (Å²) in [6, 6.07) is 9.10. The molecule has 5 nitrogen and oxygen atoms in total. The van der Waals surface area contributed by atoms with Crippen LogP contribution in [0.2, 0.25) is 0 Å². The third-order valence-corrected chi connectivity index (χ3v) is 5.61. The molecule has 1 aromatic carbocycles. The van der Waals surface area contributed by atoms with Crippen LogP contribution < -0.4 is 5.32 Å². The molecule has 4 rings (SSSR count). The molecule has 1 fully saturated rings. The topological polar surface area (TPSA) is 53.9 Å². The monoisotopic (exact) mass is 435 g/mol. The Bertz CT molecular complexity index is 1020. The molecule has 1 N–H and O–H groups in total. The second-order valence-corrected chi connectivity index (χ2v) is 7.94. The van der Waals surface area contributed by atoms with Gasteiger partial charge in [-0.15, -0.1) is 11.6 Å². The van der Waals surface area contributed by atoms with Gasteiger partial charge in [0.15, 0.2) is 5.65 Å². The van der Waals surface area contributed by atoms with Gasteiger partial charge in [0.1, 0.15) is 11.6 Å². The predicted molar refractivity (Wildman–Crippen MR) is 110 cm³/mol. The summed E-state index contributed by atoms with van der Waals surface area (Å²) in [4.78, 5) is 15.7. The van der Waals surface area contributed by atoms with Gasteiger partial charge in [-0.05, 0) is 36.6 Å². The van der Waals surface area contributed by atoms with Gasteiger partial charge < -0.3 is 5.32 Å². The van der Waals surface area contributed by atoms with Crippen LogP contribution in [-0.4, -0.2) is 38.3 Å². The van der Waals surface area contributed by atoms with Crippen LogP contribution in [0.1, 0.15) is 29.8 Å². The molecular weight excluding hydrogens is 415 g/mol. The van der Waals surface area contributed by atoms with Crippen molar-refractivity contribution in [3.63, 3.8) is 0 Å². The van der Waals surface area contributed by atoms with Crippen molar-refractivity contribution in [2.75, 3.05) is 18.4 Å². The van der Waals surface area contributed by atoms with E-state index in [4.69, 9.17) is 11.6 Å². The van der Waals surface area contributed by atoms with Crippen molar-refractivity contribution in [1.29, 1.82) is 0 Å². The summed E-state index contributed by atoms with van der Waals surface area (Å²) in [5.41, 5.74) is 0.0193. The molecule has 3 heterocycles. The van der Waals surface area contributed by atoms with Crippen molar-refractivity contribution < 1.29 is 13.2 Å². The minimum Gasteiger partial charge on any atom is -0.365 e. The maximum atomic E-state index is 13.3. The molecule has 0 amide bonds. The van der Waals surface area contributed by atoms with Crippen LogP contribution in [0.5, 0.6) is 0 Å². The lowest BCUT2D eigenvalue weighted by molar-refractivity contribution is -0.138. The Morgan fingerprint density at radius 2 is 1.83 bits per heavy atom. The standard InChI is InChI=1S/C21H21ClF3N5/c22-15-7-10-30(11-8-15)13-18-28-19-16(5-3-9-26-19)20(29-18)27-12-14-4-1-2-6-17(14)21(23,24)25/h1-6,9,15H,7-8,10-13H2,(H,26,27,28,29). The molecule has 9 heteroatoms. The molecule has 30 heavy (non-hydrogen) atoms. The highest BCUT2D eigenvalue weighted by molar-refractivity contribution is 6.20. The number of alkyl halides is 4. The van der Waals surface area contributed by atoms with Crippen LogP contribution in [0.3, 0.4) is 0 Å². The highest BCUT2D eigenvalue weighted by atomic mass is 35.5. The Balaban J connectivity index is 1.59. The predicted octanol–water partition coefficient (Wildman–Crippen LogP) is 4.86. The number of fused-ring (bicyclic) bond motifs is 1. The van der Waals surface area contributed by atoms with Crippen molar-refractivity contribution >= 4 is 28.5 Å². The maximum absolute atomic E-state index is 13.3. The number of hydrogen-bond donors (Lipinski definition) is 1. The number of hydrogen-bond acceptors (Lipinski definition) is 5. The fourth-order valence-corrected chi connectivity index (χ4v) is 3.80. The second-order valence-electron chi connectivity index (χ2n) is 7.32. The van der Waals surface area contributed by atoms with E-state index < -0.39 is 11.7 Å². The van der Waals surface area contributed by atoms with E-state index in [0.717, 1.165) is 32.0 Å². The number of pyridine rings is 1. The van der Waals surface area contributed by atoms with Crippen molar-refractivity contribution in [2.24, 2.45) is 0 Å². The summed E-state index contributed by atoms with van der Waals surface area (Å²) in [6.45, 7) is 2.26. The Morgan fingerprint density at radius 3 is 2.60 bits per heavy atom. The lowest BCUT2D eigenvalue weighted by Gasteiger charge is -2.28. The third-order valence-electron chi connectivity index (χ3n) is 5.17. The summed E-state index contributed by atoms with van der Waals surface area (Å²) in [5, 5.41) is 3.94. The molecule has 0 bridgehead atoms. The third kappa shape index (κ3) is 4.82. The first-order chi connectivity index (χ1) is 14.4. The van der Waals surface area contributed by atoms with E-state index in [2.05, 4.69) is 25.2 Å². The lowest BCUT2D eigenvalue weighted by Crippen LogP contribution is -2.34. The van der Waals surface area contributed by atoms with Gasteiger partial charge in [0.05, 0.1) is 17.5 Å². The van der Waals surface area contributed by atoms with Gasteiger partial charge in [-0.3, -0.25) is 4.90 Å². The first kappa shape index (κ1) is 20.8. The molecule has 0 unspecified atom stereocenters. The van der Waals surface area contributed by atoms with Crippen molar-refractivity contribution in [3.05, 3.63) is 59.5 Å². The average molecular weight is 436 g/mol. The average Bonchev–Trinajstić information content (AvgIpc) is 2.73. The number of anilines is 1. The Labute approximate surface area is 177 Å². The molecule has 1 aliphatic heterocycles. The van der Waals surface area contributed by atoms with Crippen molar-refractivity contribution in [2.45, 2.75) is 37.5 Å². The second kappa shape index (κ2) is 8.73. The van der Waals surface area contributed by atoms with Gasteiger partial charge in [-0.25, -0.2) is 15.0 Å². The quantitative estimate of drug-likeness (QED) is 0.580. The van der Waals surface area contributed by atoms with E-state index in [1.165, 1.54) is 12.1 Å². The normalized spacial score (nSPS) is 16.1. The van der Waals surface area contributed by atoms with Crippen LogP contribution in [0.25, 0.3) is 11.0 Å². The molecule has 0 aliphatic carbocycles. The molecule has 0 saturated carbocycles. The van der Waals surface area contributed by atoms with E-state index in [1.54, 1.807) is 18.3 Å². The van der Waals surface area contributed by atoms with Crippen LogP contribution in [-0.2, 0) is 19.3 Å². The minimum atomic E-state index is -4.41. The molecule has 0 radical (unpaired) electrons. The largest absolute Gasteiger partial charge is 0.416 e. The van der Waals surface area contributed by atoms with Gasteiger partial charge in [-0.1, -0.05) is 18.2 Å². The van der Waals surface area contributed by atoms with E-state index in [0.29, 0.717) is 29.2 Å². The zero-order valence-corrected chi connectivity index (χ0v) is 16.9. The number of piperidine rings is 1. The first-order valence-electron chi connectivity index (χ1n) is 9.77. The van der Waals surface area contributed by atoms with Gasteiger partial charge >= 0.3 is 6.18 Å². The zero-order valence-electron chi connectivity index (χ0n) is 16.2. The number of rotatable bonds is 5.